The minimum atomic E-state index is -0.742. The fourth-order valence-electron chi connectivity index (χ4n) is 2.40. The average molecular weight is 417 g/mol. The Balaban J connectivity index is 1.74. The van der Waals surface area contributed by atoms with Gasteiger partial charge in [-0.1, -0.05) is 23.7 Å². The molecule has 3 rings (SSSR count). The summed E-state index contributed by atoms with van der Waals surface area (Å²) in [6, 6.07) is 11.7. The molecule has 2 heterocycles. The quantitative estimate of drug-likeness (QED) is 0.613. The third kappa shape index (κ3) is 4.82. The first-order valence-corrected chi connectivity index (χ1v) is 8.75. The molecule has 0 radical (unpaired) electrons. The molecule has 0 bridgehead atoms. The highest BCUT2D eigenvalue weighted by Gasteiger charge is 2.20. The first-order valence-electron chi connectivity index (χ1n) is 8.38. The zero-order valence-electron chi connectivity index (χ0n) is 15.6. The van der Waals surface area contributed by atoms with Crippen LogP contribution in [0.25, 0.3) is 5.82 Å². The van der Waals surface area contributed by atoms with Crippen molar-refractivity contribution >= 4 is 29.5 Å². The van der Waals surface area contributed by atoms with Crippen molar-refractivity contribution in [2.45, 2.75) is 6.61 Å². The summed E-state index contributed by atoms with van der Waals surface area (Å²) in [4.78, 5) is 28.3. The van der Waals surface area contributed by atoms with Crippen LogP contribution in [0.4, 0.5) is 10.6 Å². The van der Waals surface area contributed by atoms with Crippen molar-refractivity contribution in [1.82, 2.24) is 14.8 Å². The lowest BCUT2D eigenvalue weighted by atomic mass is 10.2. The van der Waals surface area contributed by atoms with E-state index in [4.69, 9.17) is 25.8 Å². The van der Waals surface area contributed by atoms with Crippen LogP contribution < -0.4 is 10.1 Å². The van der Waals surface area contributed by atoms with Gasteiger partial charge >= 0.3 is 12.1 Å². The average Bonchev–Trinajstić information content (AvgIpc) is 3.15. The number of halogens is 1. The van der Waals surface area contributed by atoms with E-state index < -0.39 is 12.1 Å². The predicted octanol–water partition coefficient (Wildman–Crippen LogP) is 3.46. The summed E-state index contributed by atoms with van der Waals surface area (Å²) < 4.78 is 16.2. The maximum absolute atomic E-state index is 12.1. The summed E-state index contributed by atoms with van der Waals surface area (Å²) in [5.74, 6) is 0.326. The highest BCUT2D eigenvalue weighted by atomic mass is 35.5. The number of carbonyl (C=O) groups excluding carboxylic acids is 2. The lowest BCUT2D eigenvalue weighted by Crippen LogP contribution is -2.14. The first kappa shape index (κ1) is 20.2. The lowest BCUT2D eigenvalue weighted by molar-refractivity contribution is 0.0590. The Hall–Kier alpha value is -3.59. The Bertz CT molecular complexity index is 1020. The SMILES string of the molecule is COC(=O)c1cc(NC(=O)OCc2ccc(OC)cc2)nn1-c1ncccc1Cl. The number of nitrogens with one attached hydrogen (secondary N) is 1. The van der Waals surface area contributed by atoms with Gasteiger partial charge in [0.25, 0.3) is 0 Å². The van der Waals surface area contributed by atoms with Gasteiger partial charge in [0.05, 0.1) is 19.2 Å². The number of ether oxygens (including phenoxy) is 3. The van der Waals surface area contributed by atoms with Crippen LogP contribution >= 0.6 is 11.6 Å². The van der Waals surface area contributed by atoms with Crippen molar-refractivity contribution < 1.29 is 23.8 Å². The summed E-state index contributed by atoms with van der Waals surface area (Å²) >= 11 is 6.14. The highest BCUT2D eigenvalue weighted by molar-refractivity contribution is 6.32. The van der Waals surface area contributed by atoms with E-state index in [2.05, 4.69) is 15.4 Å². The van der Waals surface area contributed by atoms with Gasteiger partial charge in [0.1, 0.15) is 12.4 Å². The van der Waals surface area contributed by atoms with Crippen LogP contribution in [0.1, 0.15) is 16.1 Å². The molecule has 0 saturated carbocycles. The Kier molecular flexibility index (Phi) is 6.30. The molecule has 0 atom stereocenters. The van der Waals surface area contributed by atoms with Gasteiger partial charge in [0.2, 0.25) is 0 Å². The molecule has 9 nitrogen and oxygen atoms in total. The predicted molar refractivity (Wildman–Crippen MR) is 105 cm³/mol. The molecule has 0 aliphatic heterocycles. The Morgan fingerprint density at radius 1 is 1.17 bits per heavy atom. The van der Waals surface area contributed by atoms with Crippen molar-refractivity contribution in [3.63, 3.8) is 0 Å². The molecular weight excluding hydrogens is 400 g/mol. The van der Waals surface area contributed by atoms with Crippen molar-refractivity contribution in [3.05, 3.63) is 64.9 Å². The number of carbonyl (C=O) groups is 2. The largest absolute Gasteiger partial charge is 0.497 e. The number of nitrogens with zero attached hydrogens (tertiary/aromatic N) is 3. The minimum Gasteiger partial charge on any atom is -0.497 e. The monoisotopic (exact) mass is 416 g/mol. The smallest absolute Gasteiger partial charge is 0.413 e. The molecular formula is C19H17ClN4O5. The Morgan fingerprint density at radius 2 is 1.93 bits per heavy atom. The van der Waals surface area contributed by atoms with E-state index in [1.807, 2.05) is 0 Å². The molecule has 0 aliphatic carbocycles. The zero-order chi connectivity index (χ0) is 20.8. The van der Waals surface area contributed by atoms with Crippen LogP contribution in [0.3, 0.4) is 0 Å². The fraction of sp³-hybridized carbons (Fsp3) is 0.158. The van der Waals surface area contributed by atoms with Gasteiger partial charge < -0.3 is 14.2 Å². The van der Waals surface area contributed by atoms with Crippen LogP contribution in [-0.4, -0.2) is 41.0 Å². The number of anilines is 1. The number of aromatic nitrogens is 3. The van der Waals surface area contributed by atoms with Crippen LogP contribution in [0.15, 0.2) is 48.7 Å². The molecule has 2 aromatic heterocycles. The van der Waals surface area contributed by atoms with Gasteiger partial charge in [0, 0.05) is 12.3 Å². The van der Waals surface area contributed by atoms with E-state index >= 15 is 0 Å². The van der Waals surface area contributed by atoms with Crippen LogP contribution in [0, 0.1) is 0 Å². The van der Waals surface area contributed by atoms with Gasteiger partial charge in [-0.3, -0.25) is 5.32 Å². The Labute approximate surface area is 171 Å². The minimum absolute atomic E-state index is 0.0403. The normalized spacial score (nSPS) is 10.3. The molecule has 0 saturated heterocycles. The first-order chi connectivity index (χ1) is 14.0. The number of esters is 1. The number of benzene rings is 1. The molecule has 0 unspecified atom stereocenters. The molecule has 150 valence electrons. The topological polar surface area (TPSA) is 105 Å². The second-order valence-corrected chi connectivity index (χ2v) is 6.08. The summed E-state index contributed by atoms with van der Waals surface area (Å²) in [5, 5.41) is 6.91. The number of rotatable bonds is 6. The van der Waals surface area contributed by atoms with Gasteiger partial charge in [-0.2, -0.15) is 0 Å². The molecule has 0 spiro atoms. The zero-order valence-corrected chi connectivity index (χ0v) is 16.3. The standard InChI is InChI=1S/C19H17ClN4O5/c1-27-13-7-5-12(6-8-13)11-29-19(26)22-16-10-15(18(25)28-2)24(23-16)17-14(20)4-3-9-21-17/h3-10H,11H2,1-2H3,(H,22,23,26). The molecule has 0 fully saturated rings. The molecule has 0 aliphatic rings. The molecule has 1 amide bonds. The summed E-state index contributed by atoms with van der Waals surface area (Å²) in [5.41, 5.74) is 0.820. The summed E-state index contributed by atoms with van der Waals surface area (Å²) in [6.07, 6.45) is 0.759. The van der Waals surface area contributed by atoms with Crippen molar-refractivity contribution in [2.75, 3.05) is 19.5 Å². The van der Waals surface area contributed by atoms with E-state index in [0.29, 0.717) is 5.75 Å². The van der Waals surface area contributed by atoms with Crippen LogP contribution in [0.2, 0.25) is 5.02 Å². The molecule has 10 heteroatoms. The molecule has 1 N–H and O–H groups in total. The summed E-state index contributed by atoms with van der Waals surface area (Å²) in [7, 11) is 2.80. The molecule has 3 aromatic rings. The van der Waals surface area contributed by atoms with Crippen molar-refractivity contribution in [1.29, 1.82) is 0 Å². The van der Waals surface area contributed by atoms with Gasteiger partial charge in [-0.05, 0) is 29.8 Å². The van der Waals surface area contributed by atoms with Crippen LogP contribution in [-0.2, 0) is 16.1 Å². The number of methoxy groups -OCH3 is 2. The van der Waals surface area contributed by atoms with E-state index in [1.165, 1.54) is 24.1 Å². The maximum Gasteiger partial charge on any atom is 0.413 e. The van der Waals surface area contributed by atoms with Crippen LogP contribution in [0.5, 0.6) is 5.75 Å². The van der Waals surface area contributed by atoms with Gasteiger partial charge in [-0.15, -0.1) is 5.10 Å². The maximum atomic E-state index is 12.1. The molecule has 29 heavy (non-hydrogen) atoms. The van der Waals surface area contributed by atoms with E-state index in [9.17, 15) is 9.59 Å². The fourth-order valence-corrected chi connectivity index (χ4v) is 2.60. The van der Waals surface area contributed by atoms with E-state index in [1.54, 1.807) is 43.5 Å². The second-order valence-electron chi connectivity index (χ2n) is 5.68. The lowest BCUT2D eigenvalue weighted by Gasteiger charge is -2.07. The second kappa shape index (κ2) is 9.07. The number of hydrogen-bond donors (Lipinski definition) is 1. The third-order valence-corrected chi connectivity index (χ3v) is 4.10. The van der Waals surface area contributed by atoms with Crippen molar-refractivity contribution in [3.8, 4) is 11.6 Å². The number of hydrogen-bond acceptors (Lipinski definition) is 7. The highest BCUT2D eigenvalue weighted by Crippen LogP contribution is 2.21. The van der Waals surface area contributed by atoms with Gasteiger partial charge in [0.15, 0.2) is 17.3 Å². The van der Waals surface area contributed by atoms with Gasteiger partial charge in [-0.25, -0.2) is 19.3 Å². The Morgan fingerprint density at radius 3 is 2.59 bits per heavy atom. The number of pyridine rings is 1. The van der Waals surface area contributed by atoms with E-state index in [0.717, 1.165) is 5.56 Å². The molecule has 1 aromatic carbocycles. The third-order valence-electron chi connectivity index (χ3n) is 3.80. The van der Waals surface area contributed by atoms with E-state index in [-0.39, 0.29) is 29.0 Å². The van der Waals surface area contributed by atoms with Crippen molar-refractivity contribution in [2.24, 2.45) is 0 Å². The summed E-state index contributed by atoms with van der Waals surface area (Å²) in [6.45, 7) is 0.0481. The number of amides is 1.